The number of rotatable bonds is 3. The smallest absolute Gasteiger partial charge is 0.336 e. The van der Waals surface area contributed by atoms with Gasteiger partial charge in [0.1, 0.15) is 6.54 Å². The Hall–Kier alpha value is -2.30. The number of aromatic nitrogens is 1. The second kappa shape index (κ2) is 5.00. The topological polar surface area (TPSA) is 71.3 Å². The third-order valence-electron chi connectivity index (χ3n) is 2.87. The monoisotopic (exact) mass is 274 g/mol. The molecule has 1 aromatic heterocycles. The van der Waals surface area contributed by atoms with E-state index in [0.717, 1.165) is 5.52 Å². The van der Waals surface area contributed by atoms with Crippen LogP contribution in [0.25, 0.3) is 10.9 Å². The van der Waals surface area contributed by atoms with Gasteiger partial charge in [0.05, 0.1) is 5.56 Å². The summed E-state index contributed by atoms with van der Waals surface area (Å²) >= 11 is 0. The number of carboxylic acids is 1. The average Bonchev–Trinajstić information content (AvgIpc) is 2.69. The maximum atomic E-state index is 11.9. The highest BCUT2D eigenvalue weighted by Crippen LogP contribution is 2.20. The Morgan fingerprint density at radius 1 is 1.25 bits per heavy atom. The van der Waals surface area contributed by atoms with Crippen molar-refractivity contribution < 1.29 is 14.7 Å². The quantitative estimate of drug-likeness (QED) is 0.901. The van der Waals surface area contributed by atoms with Crippen LogP contribution in [0.3, 0.4) is 0 Å². The van der Waals surface area contributed by atoms with Crippen molar-refractivity contribution in [3.05, 3.63) is 36.0 Å². The van der Waals surface area contributed by atoms with Gasteiger partial charge in [-0.3, -0.25) is 4.79 Å². The van der Waals surface area contributed by atoms with Gasteiger partial charge in [0, 0.05) is 22.6 Å². The number of carboxylic acid groups (broad SMARTS) is 1. The number of hydrogen-bond donors (Lipinski definition) is 2. The molecule has 0 spiro atoms. The molecular formula is C15H18N2O3. The van der Waals surface area contributed by atoms with Crippen molar-refractivity contribution in [2.24, 2.45) is 0 Å². The first kappa shape index (κ1) is 14.1. The maximum Gasteiger partial charge on any atom is 0.336 e. The lowest BCUT2D eigenvalue weighted by Crippen LogP contribution is -2.42. The molecule has 2 N–H and O–H groups in total. The van der Waals surface area contributed by atoms with E-state index in [0.29, 0.717) is 5.39 Å². The van der Waals surface area contributed by atoms with Crippen molar-refractivity contribution in [2.45, 2.75) is 32.9 Å². The Labute approximate surface area is 117 Å². The third-order valence-corrected chi connectivity index (χ3v) is 2.87. The molecule has 0 aliphatic carbocycles. The zero-order valence-electron chi connectivity index (χ0n) is 11.8. The Balaban J connectivity index is 2.31. The van der Waals surface area contributed by atoms with Gasteiger partial charge in [-0.25, -0.2) is 4.79 Å². The van der Waals surface area contributed by atoms with Gasteiger partial charge in [-0.1, -0.05) is 6.07 Å². The minimum absolute atomic E-state index is 0.101. The van der Waals surface area contributed by atoms with Crippen molar-refractivity contribution in [3.8, 4) is 0 Å². The Morgan fingerprint density at radius 2 is 1.95 bits per heavy atom. The van der Waals surface area contributed by atoms with E-state index in [1.54, 1.807) is 29.0 Å². The number of carbonyl (C=O) groups excluding carboxylic acids is 1. The van der Waals surface area contributed by atoms with Crippen LogP contribution in [0.4, 0.5) is 0 Å². The normalized spacial score (nSPS) is 11.6. The zero-order chi connectivity index (χ0) is 14.9. The van der Waals surface area contributed by atoms with Crippen LogP contribution >= 0.6 is 0 Å². The fourth-order valence-electron chi connectivity index (χ4n) is 2.16. The van der Waals surface area contributed by atoms with E-state index in [9.17, 15) is 9.59 Å². The number of fused-ring (bicyclic) bond motifs is 1. The fourth-order valence-corrected chi connectivity index (χ4v) is 2.16. The van der Waals surface area contributed by atoms with E-state index >= 15 is 0 Å². The van der Waals surface area contributed by atoms with Crippen LogP contribution in [0.2, 0.25) is 0 Å². The third kappa shape index (κ3) is 2.99. The molecule has 0 aliphatic heterocycles. The molecule has 0 saturated carbocycles. The molecule has 5 heteroatoms. The van der Waals surface area contributed by atoms with Gasteiger partial charge in [0.15, 0.2) is 0 Å². The van der Waals surface area contributed by atoms with E-state index in [-0.39, 0.29) is 23.6 Å². The molecule has 0 aliphatic rings. The average molecular weight is 274 g/mol. The van der Waals surface area contributed by atoms with Gasteiger partial charge in [-0.05, 0) is 39.0 Å². The molecule has 2 aromatic rings. The van der Waals surface area contributed by atoms with Crippen molar-refractivity contribution >= 4 is 22.8 Å². The first-order valence-corrected chi connectivity index (χ1v) is 6.40. The lowest BCUT2D eigenvalue weighted by molar-refractivity contribution is -0.123. The van der Waals surface area contributed by atoms with Gasteiger partial charge in [0.2, 0.25) is 5.91 Å². The van der Waals surface area contributed by atoms with Crippen molar-refractivity contribution in [2.75, 3.05) is 0 Å². The van der Waals surface area contributed by atoms with Crippen LogP contribution in [0.15, 0.2) is 30.5 Å². The molecule has 1 amide bonds. The van der Waals surface area contributed by atoms with Crippen LogP contribution in [-0.2, 0) is 11.3 Å². The molecule has 0 radical (unpaired) electrons. The van der Waals surface area contributed by atoms with Gasteiger partial charge in [-0.2, -0.15) is 0 Å². The number of hydrogen-bond acceptors (Lipinski definition) is 2. The molecule has 0 bridgehead atoms. The van der Waals surface area contributed by atoms with Crippen molar-refractivity contribution in [1.29, 1.82) is 0 Å². The molecular weight excluding hydrogens is 256 g/mol. The van der Waals surface area contributed by atoms with Crippen LogP contribution in [0, 0.1) is 0 Å². The molecule has 2 rings (SSSR count). The zero-order valence-corrected chi connectivity index (χ0v) is 11.8. The van der Waals surface area contributed by atoms with E-state index in [1.807, 2.05) is 26.8 Å². The summed E-state index contributed by atoms with van der Waals surface area (Å²) in [6, 6.07) is 6.78. The number of amides is 1. The Kier molecular flexibility index (Phi) is 3.53. The predicted molar refractivity (Wildman–Crippen MR) is 76.8 cm³/mol. The molecule has 20 heavy (non-hydrogen) atoms. The van der Waals surface area contributed by atoms with E-state index < -0.39 is 5.97 Å². The molecule has 0 fully saturated rings. The first-order chi connectivity index (χ1) is 9.28. The SMILES string of the molecule is CC(C)(C)NC(=O)Cn1ccc2c(C(=O)O)cccc21. The summed E-state index contributed by atoms with van der Waals surface area (Å²) in [7, 11) is 0. The second-order valence-corrected chi connectivity index (χ2v) is 5.79. The lowest BCUT2D eigenvalue weighted by atomic mass is 10.1. The van der Waals surface area contributed by atoms with Crippen molar-refractivity contribution in [1.82, 2.24) is 9.88 Å². The van der Waals surface area contributed by atoms with E-state index in [4.69, 9.17) is 5.11 Å². The van der Waals surface area contributed by atoms with E-state index in [1.165, 1.54) is 0 Å². The predicted octanol–water partition coefficient (Wildman–Crippen LogP) is 2.25. The second-order valence-electron chi connectivity index (χ2n) is 5.79. The van der Waals surface area contributed by atoms with Gasteiger partial charge in [0.25, 0.3) is 0 Å². The summed E-state index contributed by atoms with van der Waals surface area (Å²) in [5, 5.41) is 12.7. The number of benzene rings is 1. The minimum atomic E-state index is -0.965. The van der Waals surface area contributed by atoms with Gasteiger partial charge in [-0.15, -0.1) is 0 Å². The molecule has 5 nitrogen and oxygen atoms in total. The molecule has 0 atom stereocenters. The molecule has 106 valence electrons. The molecule has 0 unspecified atom stereocenters. The van der Waals surface area contributed by atoms with E-state index in [2.05, 4.69) is 5.32 Å². The standard InChI is InChI=1S/C15H18N2O3/c1-15(2,3)16-13(18)9-17-8-7-10-11(14(19)20)5-4-6-12(10)17/h4-8H,9H2,1-3H3,(H,16,18)(H,19,20). The molecule has 1 heterocycles. The molecule has 0 saturated heterocycles. The van der Waals surface area contributed by atoms with Crippen LogP contribution < -0.4 is 5.32 Å². The number of carbonyl (C=O) groups is 2. The van der Waals surface area contributed by atoms with Crippen LogP contribution in [0.5, 0.6) is 0 Å². The summed E-state index contributed by atoms with van der Waals surface area (Å²) in [5.41, 5.74) is 0.707. The molecule has 1 aromatic carbocycles. The van der Waals surface area contributed by atoms with Gasteiger partial charge >= 0.3 is 5.97 Å². The highest BCUT2D eigenvalue weighted by Gasteiger charge is 2.16. The summed E-state index contributed by atoms with van der Waals surface area (Å²) in [5.74, 6) is -1.07. The Morgan fingerprint density at radius 3 is 2.55 bits per heavy atom. The fraction of sp³-hybridized carbons (Fsp3) is 0.333. The lowest BCUT2D eigenvalue weighted by Gasteiger charge is -2.20. The Bertz CT molecular complexity index is 665. The van der Waals surface area contributed by atoms with Crippen LogP contribution in [-0.4, -0.2) is 27.1 Å². The van der Waals surface area contributed by atoms with Gasteiger partial charge < -0.3 is 15.0 Å². The summed E-state index contributed by atoms with van der Waals surface area (Å²) in [6.45, 7) is 5.92. The minimum Gasteiger partial charge on any atom is -0.478 e. The number of aromatic carboxylic acids is 1. The highest BCUT2D eigenvalue weighted by atomic mass is 16.4. The summed E-state index contributed by atoms with van der Waals surface area (Å²) < 4.78 is 1.75. The summed E-state index contributed by atoms with van der Waals surface area (Å²) in [4.78, 5) is 23.1. The maximum absolute atomic E-state index is 11.9. The number of nitrogens with one attached hydrogen (secondary N) is 1. The largest absolute Gasteiger partial charge is 0.478 e. The highest BCUT2D eigenvalue weighted by molar-refractivity contribution is 6.03. The van der Waals surface area contributed by atoms with Crippen molar-refractivity contribution in [3.63, 3.8) is 0 Å². The van der Waals surface area contributed by atoms with Crippen LogP contribution in [0.1, 0.15) is 31.1 Å². The summed E-state index contributed by atoms with van der Waals surface area (Å²) in [6.07, 6.45) is 1.74. The first-order valence-electron chi connectivity index (χ1n) is 6.40. The number of nitrogens with zero attached hydrogens (tertiary/aromatic N) is 1.